The number of rotatable bonds is 2. The molecule has 7 nitrogen and oxygen atoms in total. The SMILES string of the molecule is NS(=O)(=O)c1nc(-c2cc3ccccc3o2)n[nH]1. The molecule has 92 valence electrons. The standard InChI is InChI=1S/C10H8N4O3S/c11-18(15,16)10-12-9(13-14-10)8-5-6-3-1-2-4-7(6)17-8/h1-5H,(H2,11,15,16)(H,12,13,14). The molecular weight excluding hydrogens is 256 g/mol. The second kappa shape index (κ2) is 3.65. The molecule has 0 saturated heterocycles. The molecule has 3 rings (SSSR count). The number of nitrogens with zero attached hydrogens (tertiary/aromatic N) is 2. The lowest BCUT2D eigenvalue weighted by Gasteiger charge is -1.87. The van der Waals surface area contributed by atoms with Crippen LogP contribution in [0.2, 0.25) is 0 Å². The normalized spacial score (nSPS) is 12.1. The molecule has 18 heavy (non-hydrogen) atoms. The average molecular weight is 264 g/mol. The van der Waals surface area contributed by atoms with Crippen LogP contribution >= 0.6 is 0 Å². The van der Waals surface area contributed by atoms with Gasteiger partial charge >= 0.3 is 0 Å². The second-order valence-electron chi connectivity index (χ2n) is 3.66. The van der Waals surface area contributed by atoms with E-state index in [2.05, 4.69) is 15.2 Å². The van der Waals surface area contributed by atoms with E-state index in [1.165, 1.54) is 0 Å². The first-order valence-electron chi connectivity index (χ1n) is 4.98. The minimum atomic E-state index is -3.89. The Morgan fingerprint density at radius 1 is 1.28 bits per heavy atom. The number of nitrogens with two attached hydrogens (primary N) is 1. The number of para-hydroxylation sites is 1. The lowest BCUT2D eigenvalue weighted by Crippen LogP contribution is -2.13. The highest BCUT2D eigenvalue weighted by atomic mass is 32.2. The van der Waals surface area contributed by atoms with Crippen LogP contribution in [0.25, 0.3) is 22.6 Å². The van der Waals surface area contributed by atoms with Gasteiger partial charge in [-0.25, -0.2) is 18.7 Å². The third kappa shape index (κ3) is 1.77. The van der Waals surface area contributed by atoms with Crippen molar-refractivity contribution in [1.29, 1.82) is 0 Å². The molecule has 0 bridgehead atoms. The van der Waals surface area contributed by atoms with Crippen molar-refractivity contribution in [1.82, 2.24) is 15.2 Å². The van der Waals surface area contributed by atoms with Gasteiger partial charge in [-0.1, -0.05) is 18.2 Å². The fourth-order valence-corrected chi connectivity index (χ4v) is 1.96. The van der Waals surface area contributed by atoms with E-state index in [9.17, 15) is 8.42 Å². The number of fused-ring (bicyclic) bond motifs is 1. The zero-order valence-corrected chi connectivity index (χ0v) is 9.81. The van der Waals surface area contributed by atoms with Crippen LogP contribution in [0.5, 0.6) is 0 Å². The zero-order chi connectivity index (χ0) is 12.8. The van der Waals surface area contributed by atoms with E-state index in [4.69, 9.17) is 9.56 Å². The molecule has 0 aliphatic carbocycles. The van der Waals surface area contributed by atoms with Crippen LogP contribution in [0, 0.1) is 0 Å². The molecule has 0 atom stereocenters. The number of furan rings is 1. The summed E-state index contributed by atoms with van der Waals surface area (Å²) in [6, 6.07) is 9.10. The quantitative estimate of drug-likeness (QED) is 0.712. The number of aromatic nitrogens is 3. The van der Waals surface area contributed by atoms with Crippen LogP contribution in [-0.2, 0) is 10.0 Å². The van der Waals surface area contributed by atoms with Gasteiger partial charge in [0.05, 0.1) is 0 Å². The topological polar surface area (TPSA) is 115 Å². The van der Waals surface area contributed by atoms with Gasteiger partial charge in [-0.15, -0.1) is 5.10 Å². The number of sulfonamides is 1. The van der Waals surface area contributed by atoms with Crippen LogP contribution in [0.3, 0.4) is 0 Å². The van der Waals surface area contributed by atoms with E-state index in [-0.39, 0.29) is 5.82 Å². The van der Waals surface area contributed by atoms with Gasteiger partial charge in [0, 0.05) is 5.39 Å². The molecule has 3 N–H and O–H groups in total. The van der Waals surface area contributed by atoms with E-state index in [1.54, 1.807) is 12.1 Å². The minimum absolute atomic E-state index is 0.148. The molecular formula is C10H8N4O3S. The molecule has 1 aromatic carbocycles. The maximum absolute atomic E-state index is 11.1. The summed E-state index contributed by atoms with van der Waals surface area (Å²) in [4.78, 5) is 3.77. The first kappa shape index (κ1) is 10.9. The number of nitrogens with one attached hydrogen (secondary N) is 1. The molecule has 0 saturated carbocycles. The van der Waals surface area contributed by atoms with Crippen molar-refractivity contribution in [3.8, 4) is 11.6 Å². The number of aromatic amines is 1. The van der Waals surface area contributed by atoms with Crippen molar-refractivity contribution in [2.75, 3.05) is 0 Å². The van der Waals surface area contributed by atoms with Crippen molar-refractivity contribution >= 4 is 21.0 Å². The second-order valence-corrected chi connectivity index (χ2v) is 5.13. The van der Waals surface area contributed by atoms with Crippen molar-refractivity contribution < 1.29 is 12.8 Å². The predicted molar refractivity (Wildman–Crippen MR) is 63.0 cm³/mol. The van der Waals surface area contributed by atoms with Gasteiger partial charge in [0.2, 0.25) is 5.82 Å². The Morgan fingerprint density at radius 2 is 2.06 bits per heavy atom. The van der Waals surface area contributed by atoms with E-state index >= 15 is 0 Å². The lowest BCUT2D eigenvalue weighted by atomic mass is 10.2. The number of benzene rings is 1. The van der Waals surface area contributed by atoms with Crippen LogP contribution in [0.1, 0.15) is 0 Å². The minimum Gasteiger partial charge on any atom is -0.453 e. The molecule has 2 aromatic heterocycles. The Hall–Kier alpha value is -2.19. The summed E-state index contributed by atoms with van der Waals surface area (Å²) in [6.07, 6.45) is 0. The Balaban J connectivity index is 2.12. The van der Waals surface area contributed by atoms with Gasteiger partial charge in [0.15, 0.2) is 5.76 Å². The van der Waals surface area contributed by atoms with Crippen LogP contribution in [0.4, 0.5) is 0 Å². The molecule has 0 amide bonds. The monoisotopic (exact) mass is 264 g/mol. The number of H-pyrrole nitrogens is 1. The summed E-state index contributed by atoms with van der Waals surface area (Å²) in [5, 5.41) is 11.4. The van der Waals surface area contributed by atoms with Crippen LogP contribution in [-0.4, -0.2) is 23.6 Å². The first-order chi connectivity index (χ1) is 8.54. The van der Waals surface area contributed by atoms with Gasteiger partial charge in [-0.2, -0.15) is 4.98 Å². The van der Waals surface area contributed by atoms with Crippen LogP contribution < -0.4 is 5.14 Å². The fourth-order valence-electron chi connectivity index (χ4n) is 1.58. The summed E-state index contributed by atoms with van der Waals surface area (Å²) in [7, 11) is -3.89. The number of primary sulfonamides is 1. The highest BCUT2D eigenvalue weighted by Crippen LogP contribution is 2.25. The molecule has 0 aliphatic heterocycles. The van der Waals surface area contributed by atoms with Crippen molar-refractivity contribution in [3.05, 3.63) is 30.3 Å². The van der Waals surface area contributed by atoms with E-state index < -0.39 is 15.2 Å². The molecule has 0 aliphatic rings. The maximum atomic E-state index is 11.1. The predicted octanol–water partition coefficient (Wildman–Crippen LogP) is 0.865. The Morgan fingerprint density at radius 3 is 2.72 bits per heavy atom. The van der Waals surface area contributed by atoms with Crippen molar-refractivity contribution in [2.45, 2.75) is 5.16 Å². The van der Waals surface area contributed by atoms with E-state index in [1.807, 2.05) is 18.2 Å². The average Bonchev–Trinajstić information content (AvgIpc) is 2.94. The summed E-state index contributed by atoms with van der Waals surface area (Å²) < 4.78 is 27.6. The molecule has 8 heteroatoms. The summed E-state index contributed by atoms with van der Waals surface area (Å²) in [6.45, 7) is 0. The van der Waals surface area contributed by atoms with Gasteiger partial charge in [0.25, 0.3) is 15.2 Å². The zero-order valence-electron chi connectivity index (χ0n) is 8.99. The van der Waals surface area contributed by atoms with Gasteiger partial charge < -0.3 is 4.42 Å². The summed E-state index contributed by atoms with van der Waals surface area (Å²) in [5.41, 5.74) is 0.675. The van der Waals surface area contributed by atoms with Gasteiger partial charge in [-0.05, 0) is 12.1 Å². The van der Waals surface area contributed by atoms with E-state index in [0.717, 1.165) is 5.39 Å². The molecule has 0 spiro atoms. The first-order valence-corrected chi connectivity index (χ1v) is 6.53. The maximum Gasteiger partial charge on any atom is 0.273 e. The summed E-state index contributed by atoms with van der Waals surface area (Å²) >= 11 is 0. The summed E-state index contributed by atoms with van der Waals surface area (Å²) in [5.74, 6) is 0.526. The van der Waals surface area contributed by atoms with E-state index in [0.29, 0.717) is 11.3 Å². The molecule has 3 aromatic rings. The molecule has 0 radical (unpaired) electrons. The van der Waals surface area contributed by atoms with Gasteiger partial charge in [0.1, 0.15) is 5.58 Å². The lowest BCUT2D eigenvalue weighted by molar-refractivity contribution is 0.589. The molecule has 0 fully saturated rings. The highest BCUT2D eigenvalue weighted by Gasteiger charge is 2.17. The largest absolute Gasteiger partial charge is 0.453 e. The Kier molecular flexibility index (Phi) is 2.22. The fraction of sp³-hybridized carbons (Fsp3) is 0. The Labute approximate surface area is 102 Å². The number of hydrogen-bond acceptors (Lipinski definition) is 5. The third-order valence-electron chi connectivity index (χ3n) is 2.38. The smallest absolute Gasteiger partial charge is 0.273 e. The molecule has 0 unspecified atom stereocenters. The molecule has 2 heterocycles. The highest BCUT2D eigenvalue weighted by molar-refractivity contribution is 7.89. The van der Waals surface area contributed by atoms with Gasteiger partial charge in [-0.3, -0.25) is 0 Å². The van der Waals surface area contributed by atoms with Crippen molar-refractivity contribution in [2.24, 2.45) is 5.14 Å². The van der Waals surface area contributed by atoms with Crippen molar-refractivity contribution in [3.63, 3.8) is 0 Å². The Bertz CT molecular complexity index is 785. The third-order valence-corrected chi connectivity index (χ3v) is 3.10. The van der Waals surface area contributed by atoms with Crippen LogP contribution in [0.15, 0.2) is 39.9 Å². The number of hydrogen-bond donors (Lipinski definition) is 2.